The number of benzene rings is 1. The summed E-state index contributed by atoms with van der Waals surface area (Å²) < 4.78 is 15.0. The number of ether oxygens (including phenoxy) is 3. The Bertz CT molecular complexity index is 623. The van der Waals surface area contributed by atoms with Gasteiger partial charge in [-0.25, -0.2) is 0 Å². The van der Waals surface area contributed by atoms with Gasteiger partial charge in [0.15, 0.2) is 11.5 Å². The molecule has 0 aliphatic heterocycles. The van der Waals surface area contributed by atoms with E-state index in [2.05, 4.69) is 0 Å². The monoisotopic (exact) mass is 354 g/mol. The molecule has 0 aromatic heterocycles. The third kappa shape index (κ3) is 6.72. The first-order valence-corrected chi connectivity index (χ1v) is 7.40. The lowest BCUT2D eigenvalue weighted by atomic mass is 9.98. The Morgan fingerprint density at radius 2 is 1.72 bits per heavy atom. The molecule has 0 amide bonds. The summed E-state index contributed by atoms with van der Waals surface area (Å²) >= 11 is 0. The summed E-state index contributed by atoms with van der Waals surface area (Å²) in [4.78, 5) is 22.2. The molecular formula is C17H22O8. The molecule has 1 aromatic rings. The summed E-state index contributed by atoms with van der Waals surface area (Å²) in [6, 6.07) is 3.15. The van der Waals surface area contributed by atoms with Crippen LogP contribution in [0.5, 0.6) is 17.2 Å². The number of aliphatic carboxylic acids is 1. The Morgan fingerprint density at radius 1 is 1.16 bits per heavy atom. The Morgan fingerprint density at radius 3 is 2.20 bits per heavy atom. The summed E-state index contributed by atoms with van der Waals surface area (Å²) in [5.41, 5.74) is -1.01. The van der Waals surface area contributed by atoms with Gasteiger partial charge in [0.2, 0.25) is 5.75 Å². The van der Waals surface area contributed by atoms with Gasteiger partial charge in [-0.2, -0.15) is 0 Å². The second-order valence-electron chi connectivity index (χ2n) is 5.60. The van der Waals surface area contributed by atoms with E-state index >= 15 is 0 Å². The normalized spacial score (nSPS) is 13.3. The molecule has 8 nitrogen and oxygen atoms in total. The van der Waals surface area contributed by atoms with Gasteiger partial charge in [-0.15, -0.1) is 0 Å². The topological polar surface area (TPSA) is 123 Å². The molecule has 3 N–H and O–H groups in total. The molecule has 1 aromatic carbocycles. The van der Waals surface area contributed by atoms with Gasteiger partial charge in [0, 0.05) is 0 Å². The van der Waals surface area contributed by atoms with Crippen molar-refractivity contribution in [3.63, 3.8) is 0 Å². The molecule has 25 heavy (non-hydrogen) atoms. The van der Waals surface area contributed by atoms with Crippen molar-refractivity contribution in [3.8, 4) is 17.2 Å². The largest absolute Gasteiger partial charge is 0.502 e. The minimum atomic E-state index is -1.66. The lowest BCUT2D eigenvalue weighted by Gasteiger charge is -2.19. The highest BCUT2D eigenvalue weighted by Crippen LogP contribution is 2.37. The number of phenols is 1. The fourth-order valence-corrected chi connectivity index (χ4v) is 2.09. The summed E-state index contributed by atoms with van der Waals surface area (Å²) in [5, 5.41) is 28.2. The summed E-state index contributed by atoms with van der Waals surface area (Å²) in [7, 11) is 2.82. The molecule has 0 aliphatic rings. The second-order valence-corrected chi connectivity index (χ2v) is 5.60. The first-order valence-electron chi connectivity index (χ1n) is 7.40. The Kier molecular flexibility index (Phi) is 7.25. The van der Waals surface area contributed by atoms with Crippen molar-refractivity contribution in [1.29, 1.82) is 0 Å². The number of carboxylic acid groups (broad SMARTS) is 1. The van der Waals surface area contributed by atoms with E-state index in [9.17, 15) is 19.8 Å². The van der Waals surface area contributed by atoms with E-state index in [1.54, 1.807) is 24.3 Å². The number of esters is 1. The number of carboxylic acids is 1. The first-order chi connectivity index (χ1) is 11.7. The molecule has 1 unspecified atom stereocenters. The summed E-state index contributed by atoms with van der Waals surface area (Å²) in [6.45, 7) is 1.20. The number of phenolic OH excluding ortho intramolecular Hbond substituents is 1. The number of rotatable bonds is 9. The molecule has 0 saturated carbocycles. The number of hydrogen-bond acceptors (Lipinski definition) is 7. The fourth-order valence-electron chi connectivity index (χ4n) is 2.09. The second kappa shape index (κ2) is 8.93. The molecule has 0 fully saturated rings. The third-order valence-electron chi connectivity index (χ3n) is 3.21. The van der Waals surface area contributed by atoms with Crippen molar-refractivity contribution in [2.24, 2.45) is 0 Å². The first kappa shape index (κ1) is 20.3. The van der Waals surface area contributed by atoms with Crippen molar-refractivity contribution in [3.05, 3.63) is 23.8 Å². The van der Waals surface area contributed by atoms with Crippen LogP contribution in [-0.4, -0.2) is 53.7 Å². The Hall–Kier alpha value is -2.74. The maximum Gasteiger partial charge on any atom is 0.309 e. The quantitative estimate of drug-likeness (QED) is 0.571. The van der Waals surface area contributed by atoms with Gasteiger partial charge >= 0.3 is 11.9 Å². The van der Waals surface area contributed by atoms with Gasteiger partial charge in [-0.05, 0) is 30.7 Å². The predicted octanol–water partition coefficient (Wildman–Crippen LogP) is 1.58. The zero-order valence-corrected chi connectivity index (χ0v) is 14.3. The average Bonchev–Trinajstić information content (AvgIpc) is 2.50. The third-order valence-corrected chi connectivity index (χ3v) is 3.21. The highest BCUT2D eigenvalue weighted by Gasteiger charge is 2.28. The fraction of sp³-hybridized carbons (Fsp3) is 0.412. The molecule has 1 rings (SSSR count). The zero-order chi connectivity index (χ0) is 19.0. The molecule has 1 atom stereocenters. The predicted molar refractivity (Wildman–Crippen MR) is 88.7 cm³/mol. The molecule has 0 aliphatic carbocycles. The lowest BCUT2D eigenvalue weighted by molar-refractivity contribution is -0.150. The van der Waals surface area contributed by atoms with E-state index in [1.807, 2.05) is 0 Å². The van der Waals surface area contributed by atoms with Gasteiger partial charge in [-0.1, -0.05) is 6.08 Å². The Labute approximate surface area is 145 Å². The highest BCUT2D eigenvalue weighted by atomic mass is 16.5. The van der Waals surface area contributed by atoms with Crippen LogP contribution in [-0.2, 0) is 14.3 Å². The van der Waals surface area contributed by atoms with Gasteiger partial charge in [0.25, 0.3) is 0 Å². The van der Waals surface area contributed by atoms with E-state index in [0.717, 1.165) is 0 Å². The molecule has 8 heteroatoms. The SMILES string of the molecule is COc1cc(C=CCOC(=O)CC(C)(O)CC(=O)O)cc(OC)c1O. The van der Waals surface area contributed by atoms with Crippen LogP contribution in [0.25, 0.3) is 6.08 Å². The lowest BCUT2D eigenvalue weighted by Crippen LogP contribution is -2.31. The molecular weight excluding hydrogens is 332 g/mol. The van der Waals surface area contributed by atoms with Crippen LogP contribution >= 0.6 is 0 Å². The molecule has 138 valence electrons. The Balaban J connectivity index is 2.61. The van der Waals surface area contributed by atoms with E-state index in [4.69, 9.17) is 19.3 Å². The molecule has 0 spiro atoms. The summed E-state index contributed by atoms with van der Waals surface area (Å²) in [5.74, 6) is -1.56. The maximum absolute atomic E-state index is 11.6. The number of aromatic hydroxyl groups is 1. The number of methoxy groups -OCH3 is 2. The molecule has 0 bridgehead atoms. The van der Waals surface area contributed by atoms with Crippen LogP contribution in [0.4, 0.5) is 0 Å². The zero-order valence-electron chi connectivity index (χ0n) is 14.3. The smallest absolute Gasteiger partial charge is 0.309 e. The van der Waals surface area contributed by atoms with E-state index < -0.39 is 30.4 Å². The molecule has 0 radical (unpaired) electrons. The van der Waals surface area contributed by atoms with Crippen molar-refractivity contribution in [2.45, 2.75) is 25.4 Å². The van der Waals surface area contributed by atoms with Crippen molar-refractivity contribution in [1.82, 2.24) is 0 Å². The van der Waals surface area contributed by atoms with Gasteiger partial charge in [0.1, 0.15) is 6.61 Å². The van der Waals surface area contributed by atoms with Crippen LogP contribution in [0.2, 0.25) is 0 Å². The molecule has 0 heterocycles. The number of hydrogen-bond donors (Lipinski definition) is 3. The minimum Gasteiger partial charge on any atom is -0.502 e. The van der Waals surface area contributed by atoms with Crippen molar-refractivity contribution in [2.75, 3.05) is 20.8 Å². The van der Waals surface area contributed by atoms with Crippen molar-refractivity contribution >= 4 is 18.0 Å². The number of aliphatic hydroxyl groups is 1. The van der Waals surface area contributed by atoms with Crippen molar-refractivity contribution < 1.29 is 39.1 Å². The van der Waals surface area contributed by atoms with Crippen LogP contribution in [0, 0.1) is 0 Å². The van der Waals surface area contributed by atoms with Crippen LogP contribution in [0.15, 0.2) is 18.2 Å². The van der Waals surface area contributed by atoms with Crippen LogP contribution in [0.3, 0.4) is 0 Å². The minimum absolute atomic E-state index is 0.0620. The van der Waals surface area contributed by atoms with Crippen LogP contribution in [0.1, 0.15) is 25.3 Å². The highest BCUT2D eigenvalue weighted by molar-refractivity contribution is 5.74. The standard InChI is InChI=1S/C17H22O8/c1-17(22,9-14(18)19)10-15(20)25-6-4-5-11-7-12(23-2)16(21)13(8-11)24-3/h4-5,7-8,21-22H,6,9-10H2,1-3H3,(H,18,19). The van der Waals surface area contributed by atoms with Crippen LogP contribution < -0.4 is 9.47 Å². The van der Waals surface area contributed by atoms with Gasteiger partial charge in [0.05, 0.1) is 32.7 Å². The van der Waals surface area contributed by atoms with E-state index in [1.165, 1.54) is 21.1 Å². The van der Waals surface area contributed by atoms with E-state index in [0.29, 0.717) is 5.56 Å². The number of carbonyl (C=O) groups excluding carboxylic acids is 1. The summed E-state index contributed by atoms with van der Waals surface area (Å²) in [6.07, 6.45) is 2.21. The van der Waals surface area contributed by atoms with Gasteiger partial charge < -0.3 is 29.5 Å². The number of carbonyl (C=O) groups is 2. The van der Waals surface area contributed by atoms with E-state index in [-0.39, 0.29) is 23.9 Å². The molecule has 0 saturated heterocycles. The average molecular weight is 354 g/mol. The maximum atomic E-state index is 11.6. The van der Waals surface area contributed by atoms with Gasteiger partial charge in [-0.3, -0.25) is 9.59 Å².